The maximum absolute atomic E-state index is 14.4. The van der Waals surface area contributed by atoms with E-state index in [2.05, 4.69) is 10.3 Å². The number of aromatic nitrogens is 1. The number of aromatic amines is 1. The molecule has 0 aliphatic carbocycles. The highest BCUT2D eigenvalue weighted by atomic mass is 32.1. The maximum Gasteiger partial charge on any atom is 0.305 e. The molecule has 0 spiro atoms. The third-order valence-electron chi connectivity index (χ3n) is 5.91. The number of hydrogen-bond acceptors (Lipinski definition) is 6. The third-order valence-corrected chi connectivity index (χ3v) is 6.78. The zero-order chi connectivity index (χ0) is 22.8. The average Bonchev–Trinajstić information content (AvgIpc) is 3.35. The zero-order valence-corrected chi connectivity index (χ0v) is 18.3. The molecule has 166 valence electrons. The molecule has 0 saturated carbocycles. The first-order valence-corrected chi connectivity index (χ1v) is 11.1. The number of rotatable bonds is 6. The lowest BCUT2D eigenvalue weighted by atomic mass is 9.79. The van der Waals surface area contributed by atoms with E-state index in [-0.39, 0.29) is 16.3 Å². The predicted octanol–water partition coefficient (Wildman–Crippen LogP) is 2.28. The Morgan fingerprint density at radius 2 is 2.19 bits per heavy atom. The van der Waals surface area contributed by atoms with Crippen LogP contribution in [0, 0.1) is 17.1 Å². The van der Waals surface area contributed by atoms with Gasteiger partial charge in [-0.1, -0.05) is 17.4 Å². The minimum atomic E-state index is -0.695. The van der Waals surface area contributed by atoms with E-state index in [1.807, 2.05) is 17.0 Å². The fourth-order valence-corrected chi connectivity index (χ4v) is 5.15. The van der Waals surface area contributed by atoms with Gasteiger partial charge in [0, 0.05) is 32.6 Å². The average molecular weight is 455 g/mol. The number of amides is 1. The predicted molar refractivity (Wildman–Crippen MR) is 120 cm³/mol. The minimum absolute atomic E-state index is 0.180. The number of aliphatic hydroxyl groups excluding tert-OH is 1. The molecule has 4 rings (SSSR count). The fourth-order valence-electron chi connectivity index (χ4n) is 4.44. The molecule has 1 aliphatic rings. The second-order valence-electron chi connectivity index (χ2n) is 8.06. The van der Waals surface area contributed by atoms with Gasteiger partial charge < -0.3 is 20.3 Å². The van der Waals surface area contributed by atoms with Crippen LogP contribution in [0.1, 0.15) is 34.9 Å². The number of hydrogen-bond donors (Lipinski definition) is 3. The normalized spacial score (nSPS) is 18.4. The summed E-state index contributed by atoms with van der Waals surface area (Å²) < 4.78 is 15.2. The van der Waals surface area contributed by atoms with E-state index < -0.39 is 23.8 Å². The van der Waals surface area contributed by atoms with Gasteiger partial charge in [0.05, 0.1) is 33.9 Å². The molecule has 1 aliphatic heterocycles. The van der Waals surface area contributed by atoms with Crippen molar-refractivity contribution in [2.75, 3.05) is 26.7 Å². The lowest BCUT2D eigenvalue weighted by molar-refractivity contribution is -0.122. The Kier molecular flexibility index (Phi) is 6.37. The smallest absolute Gasteiger partial charge is 0.305 e. The van der Waals surface area contributed by atoms with Crippen molar-refractivity contribution in [3.8, 4) is 6.07 Å². The van der Waals surface area contributed by atoms with Gasteiger partial charge >= 0.3 is 4.87 Å². The fraction of sp³-hybridized carbons (Fsp3) is 0.348. The van der Waals surface area contributed by atoms with E-state index >= 15 is 0 Å². The van der Waals surface area contributed by atoms with Crippen LogP contribution < -0.4 is 10.2 Å². The van der Waals surface area contributed by atoms with Gasteiger partial charge in [-0.3, -0.25) is 9.59 Å². The van der Waals surface area contributed by atoms with Crippen molar-refractivity contribution in [2.45, 2.75) is 24.4 Å². The number of carbonyl (C=O) groups is 1. The Hall–Kier alpha value is -3.06. The SMILES string of the molecule is CNC(=O)C(c1ccc2sc(=O)[nH]c2c1)[C@H](CN1CC[C@H](O)C1)c1cc(F)cc(C#N)c1. The van der Waals surface area contributed by atoms with Crippen LogP contribution in [0.15, 0.2) is 41.2 Å². The number of nitrogens with zero attached hydrogens (tertiary/aromatic N) is 2. The summed E-state index contributed by atoms with van der Waals surface area (Å²) in [6.45, 7) is 1.53. The number of likely N-dealkylation sites (N-methyl/N-ethyl adjacent to an activating group) is 1. The number of H-pyrrole nitrogens is 1. The second kappa shape index (κ2) is 9.20. The molecule has 7 nitrogen and oxygen atoms in total. The number of thiazole rings is 1. The first-order chi connectivity index (χ1) is 15.4. The number of aliphatic hydroxyl groups is 1. The van der Waals surface area contributed by atoms with Crippen molar-refractivity contribution in [3.05, 3.63) is 68.6 Å². The molecule has 3 N–H and O–H groups in total. The van der Waals surface area contributed by atoms with Crippen molar-refractivity contribution < 1.29 is 14.3 Å². The molecule has 1 fully saturated rings. The molecule has 3 aromatic rings. The molecule has 2 heterocycles. The molecule has 3 atom stereocenters. The van der Waals surface area contributed by atoms with Gasteiger partial charge in [-0.25, -0.2) is 4.39 Å². The Bertz CT molecular complexity index is 1250. The number of carbonyl (C=O) groups excluding carboxylic acids is 1. The number of nitriles is 1. The molecular formula is C23H23FN4O3S. The number of halogens is 1. The van der Waals surface area contributed by atoms with Gasteiger partial charge in [-0.05, 0) is 47.9 Å². The maximum atomic E-state index is 14.4. The first kappa shape index (κ1) is 22.1. The standard InChI is InChI=1S/C23H23FN4O3S/c1-26-22(30)21(14-2-3-20-19(9-14)27-23(31)32-20)18(12-28-5-4-17(29)11-28)15-6-13(10-25)7-16(24)8-15/h2-3,6-9,17-18,21,29H,4-5,11-12H2,1H3,(H,26,30)(H,27,31)/t17-,18+,21?/m0/s1. The summed E-state index contributed by atoms with van der Waals surface area (Å²) in [7, 11) is 1.54. The monoisotopic (exact) mass is 454 g/mol. The van der Waals surface area contributed by atoms with Gasteiger partial charge in [0.15, 0.2) is 0 Å². The minimum Gasteiger partial charge on any atom is -0.392 e. The molecule has 32 heavy (non-hydrogen) atoms. The molecule has 1 unspecified atom stereocenters. The molecule has 1 aromatic heterocycles. The molecule has 1 amide bonds. The molecular weight excluding hydrogens is 431 g/mol. The first-order valence-electron chi connectivity index (χ1n) is 10.3. The molecule has 0 bridgehead atoms. The highest BCUT2D eigenvalue weighted by Gasteiger charge is 2.34. The van der Waals surface area contributed by atoms with E-state index in [9.17, 15) is 24.3 Å². The van der Waals surface area contributed by atoms with Gasteiger partial charge in [0.25, 0.3) is 0 Å². The number of fused-ring (bicyclic) bond motifs is 1. The van der Waals surface area contributed by atoms with Crippen LogP contribution in [0.25, 0.3) is 10.2 Å². The topological polar surface area (TPSA) is 109 Å². The van der Waals surface area contributed by atoms with E-state index in [4.69, 9.17) is 0 Å². The Morgan fingerprint density at radius 3 is 2.88 bits per heavy atom. The summed E-state index contributed by atoms with van der Waals surface area (Å²) in [5, 5.41) is 22.0. The summed E-state index contributed by atoms with van der Waals surface area (Å²) in [4.78, 5) is 29.6. The van der Waals surface area contributed by atoms with Crippen molar-refractivity contribution >= 4 is 27.5 Å². The van der Waals surface area contributed by atoms with Crippen LogP contribution in [0.3, 0.4) is 0 Å². The molecule has 2 aromatic carbocycles. The van der Waals surface area contributed by atoms with Crippen LogP contribution in [0.5, 0.6) is 0 Å². The number of nitrogens with one attached hydrogen (secondary N) is 2. The lowest BCUT2D eigenvalue weighted by Crippen LogP contribution is -2.36. The largest absolute Gasteiger partial charge is 0.392 e. The van der Waals surface area contributed by atoms with Gasteiger partial charge in [0.2, 0.25) is 5.91 Å². The van der Waals surface area contributed by atoms with E-state index in [0.717, 1.165) is 22.1 Å². The summed E-state index contributed by atoms with van der Waals surface area (Å²) in [5.41, 5.74) is 2.03. The Morgan fingerprint density at radius 1 is 1.38 bits per heavy atom. The number of β-amino-alcohol motifs (C(OH)–C–C–N with tert-alkyl or cyclic N) is 1. The third kappa shape index (κ3) is 4.58. The van der Waals surface area contributed by atoms with E-state index in [1.54, 1.807) is 25.2 Å². The summed E-state index contributed by atoms with van der Waals surface area (Å²) >= 11 is 1.09. The van der Waals surface area contributed by atoms with Gasteiger partial charge in [-0.15, -0.1) is 0 Å². The molecule has 9 heteroatoms. The van der Waals surface area contributed by atoms with Crippen LogP contribution in [-0.4, -0.2) is 53.7 Å². The summed E-state index contributed by atoms with van der Waals surface area (Å²) in [5.74, 6) is -1.97. The number of likely N-dealkylation sites (tertiary alicyclic amines) is 1. The van der Waals surface area contributed by atoms with Crippen molar-refractivity contribution in [2.24, 2.45) is 0 Å². The van der Waals surface area contributed by atoms with Gasteiger partial charge in [0.1, 0.15) is 5.82 Å². The zero-order valence-electron chi connectivity index (χ0n) is 17.5. The highest BCUT2D eigenvalue weighted by molar-refractivity contribution is 7.16. The lowest BCUT2D eigenvalue weighted by Gasteiger charge is -2.30. The molecule has 1 saturated heterocycles. The number of benzene rings is 2. The second-order valence-corrected chi connectivity index (χ2v) is 9.07. The van der Waals surface area contributed by atoms with E-state index in [1.165, 1.54) is 6.07 Å². The Balaban J connectivity index is 1.83. The van der Waals surface area contributed by atoms with Crippen LogP contribution >= 0.6 is 11.3 Å². The van der Waals surface area contributed by atoms with Crippen molar-refractivity contribution in [1.82, 2.24) is 15.2 Å². The van der Waals surface area contributed by atoms with E-state index in [0.29, 0.717) is 42.7 Å². The van der Waals surface area contributed by atoms with Gasteiger partial charge in [-0.2, -0.15) is 5.26 Å². The van der Waals surface area contributed by atoms with Crippen LogP contribution in [0.4, 0.5) is 4.39 Å². The van der Waals surface area contributed by atoms with Crippen LogP contribution in [0.2, 0.25) is 0 Å². The summed E-state index contributed by atoms with van der Waals surface area (Å²) in [6, 6.07) is 11.5. The van der Waals surface area contributed by atoms with Crippen molar-refractivity contribution in [1.29, 1.82) is 5.26 Å². The quantitative estimate of drug-likeness (QED) is 0.530. The van der Waals surface area contributed by atoms with Crippen molar-refractivity contribution in [3.63, 3.8) is 0 Å². The van der Waals surface area contributed by atoms with Crippen LogP contribution in [-0.2, 0) is 4.79 Å². The Labute approximate surface area is 188 Å². The molecule has 0 radical (unpaired) electrons. The highest BCUT2D eigenvalue weighted by Crippen LogP contribution is 2.37. The summed E-state index contributed by atoms with van der Waals surface area (Å²) in [6.07, 6.45) is 0.190.